The van der Waals surface area contributed by atoms with E-state index >= 15 is 0 Å². The molecule has 0 bridgehead atoms. The molecule has 0 spiro atoms. The molecule has 38 heavy (non-hydrogen) atoms. The summed E-state index contributed by atoms with van der Waals surface area (Å²) in [5.41, 5.74) is -1.06. The minimum atomic E-state index is -1.51. The maximum Gasteiger partial charge on any atom is 0.408 e. The standard InChI is InChI=1S/C27H28FN5O5/c1-26(2,3)38-25(37)33-27(12-11-17-18(27)6-4-7-19(17)28)24(36)31-15-16-9-10-21(30-14-16)32-23(35)22-20(34)8-5-13-29-22/h4-10,13-14,34H,11-12,15H2,1-3H3,(H,31,36)(H,33,37)(H,30,32,35). The van der Waals surface area contributed by atoms with Crippen molar-refractivity contribution in [2.75, 3.05) is 5.32 Å². The maximum atomic E-state index is 14.5. The molecule has 0 radical (unpaired) electrons. The van der Waals surface area contributed by atoms with Gasteiger partial charge in [-0.15, -0.1) is 0 Å². The van der Waals surface area contributed by atoms with Crippen molar-refractivity contribution < 1.29 is 28.6 Å². The number of alkyl carbamates (subject to hydrolysis) is 1. The number of hydrogen-bond donors (Lipinski definition) is 4. The molecule has 2 aromatic heterocycles. The lowest BCUT2D eigenvalue weighted by atomic mass is 9.90. The Labute approximate surface area is 218 Å². The highest BCUT2D eigenvalue weighted by Crippen LogP contribution is 2.39. The van der Waals surface area contributed by atoms with Crippen LogP contribution in [-0.4, -0.2) is 38.6 Å². The van der Waals surface area contributed by atoms with Gasteiger partial charge >= 0.3 is 6.09 Å². The van der Waals surface area contributed by atoms with Crippen LogP contribution in [0.25, 0.3) is 0 Å². The van der Waals surface area contributed by atoms with Crippen molar-refractivity contribution in [1.29, 1.82) is 0 Å². The molecular weight excluding hydrogens is 493 g/mol. The number of ether oxygens (including phenoxy) is 1. The first-order valence-electron chi connectivity index (χ1n) is 12.0. The van der Waals surface area contributed by atoms with Crippen molar-refractivity contribution in [3.63, 3.8) is 0 Å². The number of rotatable bonds is 6. The molecule has 3 amide bonds. The summed E-state index contributed by atoms with van der Waals surface area (Å²) in [6.07, 6.45) is 2.50. The van der Waals surface area contributed by atoms with E-state index in [4.69, 9.17) is 4.74 Å². The van der Waals surface area contributed by atoms with Gasteiger partial charge in [0, 0.05) is 18.9 Å². The molecule has 1 unspecified atom stereocenters. The Morgan fingerprint density at radius 1 is 1.11 bits per heavy atom. The molecule has 1 aromatic carbocycles. The number of aromatic nitrogens is 2. The molecule has 2 heterocycles. The van der Waals surface area contributed by atoms with Gasteiger partial charge in [0.15, 0.2) is 5.69 Å². The molecule has 3 aromatic rings. The van der Waals surface area contributed by atoms with Crippen LogP contribution in [0.15, 0.2) is 54.9 Å². The fourth-order valence-corrected chi connectivity index (χ4v) is 4.24. The second-order valence-electron chi connectivity index (χ2n) is 9.86. The van der Waals surface area contributed by atoms with Gasteiger partial charge in [0.25, 0.3) is 11.8 Å². The van der Waals surface area contributed by atoms with Crippen LogP contribution in [-0.2, 0) is 28.0 Å². The van der Waals surface area contributed by atoms with E-state index < -0.39 is 34.9 Å². The summed E-state index contributed by atoms with van der Waals surface area (Å²) in [6, 6.07) is 10.5. The first-order valence-corrected chi connectivity index (χ1v) is 12.0. The second-order valence-corrected chi connectivity index (χ2v) is 9.86. The van der Waals surface area contributed by atoms with Gasteiger partial charge in [0.2, 0.25) is 0 Å². The highest BCUT2D eigenvalue weighted by Gasteiger charge is 2.48. The number of pyridine rings is 2. The molecular formula is C27H28FN5O5. The average molecular weight is 522 g/mol. The summed E-state index contributed by atoms with van der Waals surface area (Å²) in [6.45, 7) is 5.18. The van der Waals surface area contributed by atoms with Gasteiger partial charge in [0.1, 0.15) is 28.5 Å². The van der Waals surface area contributed by atoms with E-state index in [9.17, 15) is 23.9 Å². The Hall–Kier alpha value is -4.54. The van der Waals surface area contributed by atoms with Crippen LogP contribution in [0.3, 0.4) is 0 Å². The average Bonchev–Trinajstić information content (AvgIpc) is 3.23. The maximum absolute atomic E-state index is 14.5. The lowest BCUT2D eigenvalue weighted by Gasteiger charge is -2.31. The van der Waals surface area contributed by atoms with Crippen LogP contribution >= 0.6 is 0 Å². The third-order valence-corrected chi connectivity index (χ3v) is 5.95. The topological polar surface area (TPSA) is 143 Å². The van der Waals surface area contributed by atoms with E-state index in [0.717, 1.165) is 0 Å². The number of nitrogens with one attached hydrogen (secondary N) is 3. The lowest BCUT2D eigenvalue weighted by Crippen LogP contribution is -2.55. The van der Waals surface area contributed by atoms with Crippen LogP contribution in [0, 0.1) is 5.82 Å². The van der Waals surface area contributed by atoms with E-state index in [1.165, 1.54) is 42.7 Å². The molecule has 0 fully saturated rings. The predicted octanol–water partition coefficient (Wildman–Crippen LogP) is 3.56. The Morgan fingerprint density at radius 2 is 1.89 bits per heavy atom. The highest BCUT2D eigenvalue weighted by molar-refractivity contribution is 6.04. The number of fused-ring (bicyclic) bond motifs is 1. The monoisotopic (exact) mass is 521 g/mol. The third-order valence-electron chi connectivity index (χ3n) is 5.95. The molecule has 10 nitrogen and oxygen atoms in total. The van der Waals surface area contributed by atoms with E-state index in [1.807, 2.05) is 0 Å². The SMILES string of the molecule is CC(C)(C)OC(=O)NC1(C(=O)NCc2ccc(NC(=O)c3ncccc3O)nc2)CCc2c(F)cccc21. The molecule has 0 saturated heterocycles. The number of carbonyl (C=O) groups is 3. The van der Waals surface area contributed by atoms with Crippen molar-refractivity contribution in [3.05, 3.63) is 83.1 Å². The zero-order valence-electron chi connectivity index (χ0n) is 21.2. The van der Waals surface area contributed by atoms with Gasteiger partial charge in [-0.1, -0.05) is 18.2 Å². The van der Waals surface area contributed by atoms with E-state index in [0.29, 0.717) is 16.7 Å². The molecule has 1 aliphatic carbocycles. The first-order chi connectivity index (χ1) is 18.0. The minimum Gasteiger partial charge on any atom is -0.505 e. The number of aromatic hydroxyl groups is 1. The highest BCUT2D eigenvalue weighted by atomic mass is 19.1. The van der Waals surface area contributed by atoms with Gasteiger partial charge in [-0.2, -0.15) is 0 Å². The Kier molecular flexibility index (Phi) is 7.29. The second kappa shape index (κ2) is 10.4. The smallest absolute Gasteiger partial charge is 0.408 e. The van der Waals surface area contributed by atoms with Crippen molar-refractivity contribution in [1.82, 2.24) is 20.6 Å². The first kappa shape index (κ1) is 26.5. The molecule has 11 heteroatoms. The molecule has 1 atom stereocenters. The molecule has 4 N–H and O–H groups in total. The summed E-state index contributed by atoms with van der Waals surface area (Å²) in [7, 11) is 0. The zero-order valence-corrected chi connectivity index (χ0v) is 21.2. The Bertz CT molecular complexity index is 1370. The van der Waals surface area contributed by atoms with Crippen LogP contribution < -0.4 is 16.0 Å². The van der Waals surface area contributed by atoms with Crippen molar-refractivity contribution in [3.8, 4) is 5.75 Å². The molecule has 198 valence electrons. The largest absolute Gasteiger partial charge is 0.505 e. The lowest BCUT2D eigenvalue weighted by molar-refractivity contribution is -0.128. The van der Waals surface area contributed by atoms with Gasteiger partial charge < -0.3 is 25.8 Å². The van der Waals surface area contributed by atoms with E-state index in [2.05, 4.69) is 25.9 Å². The summed E-state index contributed by atoms with van der Waals surface area (Å²) in [5.74, 6) is -1.62. The molecule has 0 aliphatic heterocycles. The number of anilines is 1. The van der Waals surface area contributed by atoms with Gasteiger partial charge in [-0.3, -0.25) is 9.59 Å². The predicted molar refractivity (Wildman–Crippen MR) is 136 cm³/mol. The van der Waals surface area contributed by atoms with Gasteiger partial charge in [0.05, 0.1) is 0 Å². The number of carbonyl (C=O) groups excluding carboxylic acids is 3. The van der Waals surface area contributed by atoms with Crippen LogP contribution in [0.1, 0.15) is 54.4 Å². The minimum absolute atomic E-state index is 0.0590. The molecule has 0 saturated carbocycles. The zero-order chi connectivity index (χ0) is 27.5. The number of benzene rings is 1. The van der Waals surface area contributed by atoms with Crippen molar-refractivity contribution in [2.24, 2.45) is 0 Å². The third kappa shape index (κ3) is 5.72. The number of nitrogens with zero attached hydrogens (tertiary/aromatic N) is 2. The molecule has 1 aliphatic rings. The number of hydrogen-bond acceptors (Lipinski definition) is 7. The summed E-state index contributed by atoms with van der Waals surface area (Å²) < 4.78 is 19.9. The van der Waals surface area contributed by atoms with E-state index in [1.54, 1.807) is 32.9 Å². The number of halogens is 1. The summed E-state index contributed by atoms with van der Waals surface area (Å²) in [4.78, 5) is 46.5. The van der Waals surface area contributed by atoms with Crippen LogP contribution in [0.2, 0.25) is 0 Å². The molecule has 4 rings (SSSR count). The van der Waals surface area contributed by atoms with Crippen molar-refractivity contribution >= 4 is 23.7 Å². The summed E-state index contributed by atoms with van der Waals surface area (Å²) in [5, 5.41) is 17.8. The fraction of sp³-hybridized carbons (Fsp3) is 0.296. The van der Waals surface area contributed by atoms with Crippen LogP contribution in [0.5, 0.6) is 5.75 Å². The Balaban J connectivity index is 1.47. The van der Waals surface area contributed by atoms with E-state index in [-0.39, 0.29) is 36.6 Å². The van der Waals surface area contributed by atoms with Gasteiger partial charge in [-0.25, -0.2) is 19.2 Å². The summed E-state index contributed by atoms with van der Waals surface area (Å²) >= 11 is 0. The fourth-order valence-electron chi connectivity index (χ4n) is 4.24. The normalized spacial score (nSPS) is 16.3. The van der Waals surface area contributed by atoms with Gasteiger partial charge in [-0.05, 0) is 74.6 Å². The Morgan fingerprint density at radius 3 is 2.58 bits per heavy atom. The quantitative estimate of drug-likeness (QED) is 0.388. The van der Waals surface area contributed by atoms with Crippen molar-refractivity contribution in [2.45, 2.75) is 51.3 Å². The van der Waals surface area contributed by atoms with Crippen LogP contribution in [0.4, 0.5) is 15.0 Å². The number of amides is 3.